The van der Waals surface area contributed by atoms with Gasteiger partial charge in [0.1, 0.15) is 0 Å². The quantitative estimate of drug-likeness (QED) is 0.796. The SMILES string of the molecule is CCCN(c1ccc(N)cc1Cl)C(C)C. The molecule has 0 fully saturated rings. The van der Waals surface area contributed by atoms with Crippen molar-refractivity contribution in [3.63, 3.8) is 0 Å². The summed E-state index contributed by atoms with van der Waals surface area (Å²) in [5.41, 5.74) is 7.46. The number of nitrogens with zero attached hydrogens (tertiary/aromatic N) is 1. The maximum absolute atomic E-state index is 6.18. The molecule has 0 saturated heterocycles. The lowest BCUT2D eigenvalue weighted by atomic mass is 10.2. The average Bonchev–Trinajstić information content (AvgIpc) is 2.15. The molecule has 84 valence electrons. The number of anilines is 2. The van der Waals surface area contributed by atoms with Crippen LogP contribution in [0.2, 0.25) is 5.02 Å². The number of rotatable bonds is 4. The van der Waals surface area contributed by atoms with Gasteiger partial charge in [-0.25, -0.2) is 0 Å². The minimum absolute atomic E-state index is 0.450. The van der Waals surface area contributed by atoms with Gasteiger partial charge in [0.2, 0.25) is 0 Å². The Hall–Kier alpha value is -0.890. The first kappa shape index (κ1) is 12.2. The van der Waals surface area contributed by atoms with E-state index in [1.807, 2.05) is 18.2 Å². The van der Waals surface area contributed by atoms with Crippen molar-refractivity contribution in [1.29, 1.82) is 0 Å². The van der Waals surface area contributed by atoms with Gasteiger partial charge in [0.15, 0.2) is 0 Å². The Balaban J connectivity index is 3.00. The first-order valence-electron chi connectivity index (χ1n) is 5.38. The maximum Gasteiger partial charge on any atom is 0.0660 e. The van der Waals surface area contributed by atoms with Crippen molar-refractivity contribution in [2.45, 2.75) is 33.2 Å². The fourth-order valence-corrected chi connectivity index (χ4v) is 1.95. The molecule has 0 aromatic heterocycles. The highest BCUT2D eigenvalue weighted by molar-refractivity contribution is 6.33. The second-order valence-corrected chi connectivity index (χ2v) is 4.41. The van der Waals surface area contributed by atoms with Crippen LogP contribution in [0, 0.1) is 0 Å². The maximum atomic E-state index is 6.18. The van der Waals surface area contributed by atoms with Gasteiger partial charge in [0.25, 0.3) is 0 Å². The molecule has 0 bridgehead atoms. The van der Waals surface area contributed by atoms with Gasteiger partial charge in [0.05, 0.1) is 10.7 Å². The number of nitrogens with two attached hydrogens (primary N) is 1. The summed E-state index contributed by atoms with van der Waals surface area (Å²) in [7, 11) is 0. The van der Waals surface area contributed by atoms with E-state index in [-0.39, 0.29) is 0 Å². The molecule has 1 aromatic carbocycles. The molecule has 0 heterocycles. The number of hydrogen-bond donors (Lipinski definition) is 1. The zero-order chi connectivity index (χ0) is 11.4. The van der Waals surface area contributed by atoms with E-state index in [4.69, 9.17) is 17.3 Å². The minimum atomic E-state index is 0.450. The number of nitrogen functional groups attached to an aromatic ring is 1. The lowest BCUT2D eigenvalue weighted by molar-refractivity contribution is 0.671. The highest BCUT2D eigenvalue weighted by Gasteiger charge is 2.12. The van der Waals surface area contributed by atoms with E-state index in [0.717, 1.165) is 23.7 Å². The Bertz CT molecular complexity index is 323. The molecule has 1 aromatic rings. The fraction of sp³-hybridized carbons (Fsp3) is 0.500. The van der Waals surface area contributed by atoms with E-state index in [1.54, 1.807) is 0 Å². The topological polar surface area (TPSA) is 29.3 Å². The van der Waals surface area contributed by atoms with Gasteiger partial charge in [-0.2, -0.15) is 0 Å². The van der Waals surface area contributed by atoms with Crippen LogP contribution in [0.25, 0.3) is 0 Å². The molecule has 15 heavy (non-hydrogen) atoms. The van der Waals surface area contributed by atoms with Gasteiger partial charge in [0, 0.05) is 18.3 Å². The molecular weight excluding hydrogens is 208 g/mol. The average molecular weight is 227 g/mol. The van der Waals surface area contributed by atoms with Crippen LogP contribution in [-0.2, 0) is 0 Å². The molecule has 0 aliphatic carbocycles. The van der Waals surface area contributed by atoms with E-state index in [2.05, 4.69) is 25.7 Å². The summed E-state index contributed by atoms with van der Waals surface area (Å²) in [6.45, 7) is 7.52. The van der Waals surface area contributed by atoms with Crippen molar-refractivity contribution >= 4 is 23.0 Å². The van der Waals surface area contributed by atoms with Gasteiger partial charge >= 0.3 is 0 Å². The van der Waals surface area contributed by atoms with E-state index in [9.17, 15) is 0 Å². The van der Waals surface area contributed by atoms with Crippen LogP contribution in [0.1, 0.15) is 27.2 Å². The second kappa shape index (κ2) is 5.26. The molecule has 1 rings (SSSR count). The number of halogens is 1. The Labute approximate surface area is 97.0 Å². The van der Waals surface area contributed by atoms with Crippen LogP contribution in [0.15, 0.2) is 18.2 Å². The molecule has 0 aliphatic heterocycles. The molecule has 0 radical (unpaired) electrons. The van der Waals surface area contributed by atoms with Crippen molar-refractivity contribution in [1.82, 2.24) is 0 Å². The third kappa shape index (κ3) is 3.03. The molecule has 2 nitrogen and oxygen atoms in total. The molecular formula is C12H19ClN2. The van der Waals surface area contributed by atoms with Gasteiger partial charge in [-0.05, 0) is 38.5 Å². The molecule has 0 aliphatic rings. The van der Waals surface area contributed by atoms with Gasteiger partial charge in [-0.15, -0.1) is 0 Å². The molecule has 2 N–H and O–H groups in total. The van der Waals surface area contributed by atoms with Crippen LogP contribution >= 0.6 is 11.6 Å². The largest absolute Gasteiger partial charge is 0.399 e. The van der Waals surface area contributed by atoms with Crippen LogP contribution in [-0.4, -0.2) is 12.6 Å². The van der Waals surface area contributed by atoms with Gasteiger partial charge in [-0.1, -0.05) is 18.5 Å². The lowest BCUT2D eigenvalue weighted by Gasteiger charge is -2.29. The summed E-state index contributed by atoms with van der Waals surface area (Å²) < 4.78 is 0. The Morgan fingerprint density at radius 1 is 1.40 bits per heavy atom. The van der Waals surface area contributed by atoms with Crippen molar-refractivity contribution < 1.29 is 0 Å². The van der Waals surface area contributed by atoms with Crippen LogP contribution in [0.4, 0.5) is 11.4 Å². The van der Waals surface area contributed by atoms with Crippen molar-refractivity contribution in [2.75, 3.05) is 17.2 Å². The van der Waals surface area contributed by atoms with E-state index >= 15 is 0 Å². The second-order valence-electron chi connectivity index (χ2n) is 4.00. The Morgan fingerprint density at radius 3 is 2.53 bits per heavy atom. The standard InChI is InChI=1S/C12H19ClN2/c1-4-7-15(9(2)3)12-6-5-10(14)8-11(12)13/h5-6,8-9H,4,7,14H2,1-3H3. The number of benzene rings is 1. The summed E-state index contributed by atoms with van der Waals surface area (Å²) in [6.07, 6.45) is 1.11. The van der Waals surface area contributed by atoms with Crippen molar-refractivity contribution in [3.8, 4) is 0 Å². The zero-order valence-electron chi connectivity index (χ0n) is 9.63. The Kier molecular flexibility index (Phi) is 4.28. The summed E-state index contributed by atoms with van der Waals surface area (Å²) in [4.78, 5) is 2.29. The van der Waals surface area contributed by atoms with Crippen molar-refractivity contribution in [2.24, 2.45) is 0 Å². The Morgan fingerprint density at radius 2 is 2.07 bits per heavy atom. The smallest absolute Gasteiger partial charge is 0.0660 e. The molecule has 0 atom stereocenters. The number of hydrogen-bond acceptors (Lipinski definition) is 2. The van der Waals surface area contributed by atoms with E-state index in [0.29, 0.717) is 11.7 Å². The first-order chi connectivity index (χ1) is 7.06. The first-order valence-corrected chi connectivity index (χ1v) is 5.75. The molecule has 0 unspecified atom stereocenters. The fourth-order valence-electron chi connectivity index (χ4n) is 1.65. The van der Waals surface area contributed by atoms with Crippen LogP contribution in [0.5, 0.6) is 0 Å². The van der Waals surface area contributed by atoms with E-state index in [1.165, 1.54) is 0 Å². The van der Waals surface area contributed by atoms with Crippen LogP contribution in [0.3, 0.4) is 0 Å². The molecule has 0 spiro atoms. The third-order valence-electron chi connectivity index (χ3n) is 2.37. The molecule has 3 heteroatoms. The lowest BCUT2D eigenvalue weighted by Crippen LogP contribution is -2.31. The highest BCUT2D eigenvalue weighted by Crippen LogP contribution is 2.29. The van der Waals surface area contributed by atoms with E-state index < -0.39 is 0 Å². The third-order valence-corrected chi connectivity index (χ3v) is 2.67. The summed E-state index contributed by atoms with van der Waals surface area (Å²) in [5, 5.41) is 0.733. The highest BCUT2D eigenvalue weighted by atomic mass is 35.5. The van der Waals surface area contributed by atoms with Crippen LogP contribution < -0.4 is 10.6 Å². The summed E-state index contributed by atoms with van der Waals surface area (Å²) >= 11 is 6.18. The summed E-state index contributed by atoms with van der Waals surface area (Å²) in [6, 6.07) is 6.15. The van der Waals surface area contributed by atoms with Crippen molar-refractivity contribution in [3.05, 3.63) is 23.2 Å². The van der Waals surface area contributed by atoms with Gasteiger partial charge < -0.3 is 10.6 Å². The minimum Gasteiger partial charge on any atom is -0.399 e. The molecule has 0 amide bonds. The van der Waals surface area contributed by atoms with Gasteiger partial charge in [-0.3, -0.25) is 0 Å². The predicted octanol–water partition coefficient (Wildman–Crippen LogP) is 3.55. The molecule has 0 saturated carbocycles. The zero-order valence-corrected chi connectivity index (χ0v) is 10.4. The normalized spacial score (nSPS) is 10.7. The predicted molar refractivity (Wildman–Crippen MR) is 68.6 cm³/mol. The summed E-state index contributed by atoms with van der Waals surface area (Å²) in [5.74, 6) is 0. The monoisotopic (exact) mass is 226 g/mol.